The van der Waals surface area contributed by atoms with Crippen molar-refractivity contribution in [1.82, 2.24) is 15.1 Å². The molecule has 1 aromatic heterocycles. The van der Waals surface area contributed by atoms with Crippen LogP contribution in [0.15, 0.2) is 24.3 Å². The number of hydrogen-bond acceptors (Lipinski definition) is 4. The van der Waals surface area contributed by atoms with Crippen molar-refractivity contribution in [3.8, 4) is 5.88 Å². The Bertz CT molecular complexity index is 621. The van der Waals surface area contributed by atoms with E-state index in [2.05, 4.69) is 10.2 Å². The molecule has 1 aliphatic rings. The topological polar surface area (TPSA) is 66.3 Å². The molecular formula is C13H13N3O2. The van der Waals surface area contributed by atoms with Crippen molar-refractivity contribution < 1.29 is 9.90 Å². The van der Waals surface area contributed by atoms with Gasteiger partial charge in [0.1, 0.15) is 0 Å². The van der Waals surface area contributed by atoms with Crippen LogP contribution in [0.2, 0.25) is 0 Å². The Kier molecular flexibility index (Phi) is 2.40. The highest BCUT2D eigenvalue weighted by atomic mass is 16.3. The first kappa shape index (κ1) is 11.0. The summed E-state index contributed by atoms with van der Waals surface area (Å²) in [5, 5.41) is 17.7. The number of nitrogens with zero attached hydrogens (tertiary/aromatic N) is 3. The number of carbonyl (C=O) groups is 1. The highest BCUT2D eigenvalue weighted by Crippen LogP contribution is 2.29. The van der Waals surface area contributed by atoms with Gasteiger partial charge in [0.05, 0.1) is 5.52 Å². The lowest BCUT2D eigenvalue weighted by molar-refractivity contribution is -0.133. The largest absolute Gasteiger partial charge is 0.492 e. The molecule has 18 heavy (non-hydrogen) atoms. The van der Waals surface area contributed by atoms with Crippen LogP contribution in [0.4, 0.5) is 0 Å². The monoisotopic (exact) mass is 243 g/mol. The van der Waals surface area contributed by atoms with E-state index >= 15 is 0 Å². The number of carbonyl (C=O) groups excluding carboxylic acids is 1. The summed E-state index contributed by atoms with van der Waals surface area (Å²) in [6, 6.07) is 7.52. The van der Waals surface area contributed by atoms with Crippen LogP contribution in [0.25, 0.3) is 10.9 Å². The Morgan fingerprint density at radius 3 is 2.83 bits per heavy atom. The summed E-state index contributed by atoms with van der Waals surface area (Å²) < 4.78 is 0. The molecule has 1 N–H and O–H groups in total. The second-order valence-corrected chi connectivity index (χ2v) is 4.64. The number of fused-ring (bicyclic) bond motifs is 1. The van der Waals surface area contributed by atoms with Crippen molar-refractivity contribution >= 4 is 16.8 Å². The van der Waals surface area contributed by atoms with Crippen molar-refractivity contribution in [2.45, 2.75) is 12.8 Å². The van der Waals surface area contributed by atoms with E-state index in [9.17, 15) is 9.90 Å². The first-order valence-corrected chi connectivity index (χ1v) is 5.85. The number of rotatable bonds is 1. The van der Waals surface area contributed by atoms with Gasteiger partial charge in [-0.3, -0.25) is 4.79 Å². The molecule has 1 aromatic carbocycles. The number of likely N-dealkylation sites (tertiary alicyclic amines) is 1. The minimum absolute atomic E-state index is 0.0707. The van der Waals surface area contributed by atoms with Crippen LogP contribution in [0.1, 0.15) is 18.4 Å². The molecule has 5 nitrogen and oxygen atoms in total. The van der Waals surface area contributed by atoms with Gasteiger partial charge in [-0.2, -0.15) is 0 Å². The molecule has 0 atom stereocenters. The van der Waals surface area contributed by atoms with Crippen LogP contribution >= 0.6 is 0 Å². The van der Waals surface area contributed by atoms with Gasteiger partial charge >= 0.3 is 0 Å². The van der Waals surface area contributed by atoms with E-state index in [4.69, 9.17) is 0 Å². The quantitative estimate of drug-likeness (QED) is 0.819. The maximum absolute atomic E-state index is 11.1. The normalized spacial score (nSPS) is 15.7. The molecule has 0 spiro atoms. The van der Waals surface area contributed by atoms with Gasteiger partial charge in [0.15, 0.2) is 0 Å². The van der Waals surface area contributed by atoms with Crippen LogP contribution in [-0.4, -0.2) is 39.2 Å². The Balaban J connectivity index is 1.88. The molecule has 1 aliphatic heterocycles. The maximum Gasteiger partial charge on any atom is 0.231 e. The lowest BCUT2D eigenvalue weighted by Crippen LogP contribution is -2.47. The van der Waals surface area contributed by atoms with E-state index in [1.54, 1.807) is 13.0 Å². The van der Waals surface area contributed by atoms with Crippen LogP contribution in [0, 0.1) is 0 Å². The van der Waals surface area contributed by atoms with Gasteiger partial charge in [-0.25, -0.2) is 0 Å². The smallest absolute Gasteiger partial charge is 0.231 e. The molecule has 1 amide bonds. The molecular weight excluding hydrogens is 230 g/mol. The van der Waals surface area contributed by atoms with E-state index < -0.39 is 0 Å². The van der Waals surface area contributed by atoms with E-state index in [0.29, 0.717) is 5.92 Å². The highest BCUT2D eigenvalue weighted by Gasteiger charge is 2.29. The first-order valence-electron chi connectivity index (χ1n) is 5.85. The van der Waals surface area contributed by atoms with Crippen molar-refractivity contribution in [2.24, 2.45) is 0 Å². The molecule has 0 unspecified atom stereocenters. The lowest BCUT2D eigenvalue weighted by atomic mass is 9.90. The fraction of sp³-hybridized carbons (Fsp3) is 0.308. The zero-order chi connectivity index (χ0) is 12.7. The summed E-state index contributed by atoms with van der Waals surface area (Å²) in [5.41, 5.74) is 1.94. The average Bonchev–Trinajstić information content (AvgIpc) is 2.25. The van der Waals surface area contributed by atoms with Gasteiger partial charge in [-0.15, -0.1) is 10.2 Å². The van der Waals surface area contributed by atoms with Gasteiger partial charge in [0.25, 0.3) is 0 Å². The van der Waals surface area contributed by atoms with Crippen LogP contribution < -0.4 is 0 Å². The standard InChI is InChI=1S/C13H13N3O2/c1-8(17)16-6-11(7-16)9-2-3-12-10(4-9)5-13(18)15-14-12/h2-5,11H,6-7H2,1H3,(H,15,18). The molecule has 5 heteroatoms. The zero-order valence-electron chi connectivity index (χ0n) is 10.00. The summed E-state index contributed by atoms with van der Waals surface area (Å²) in [7, 11) is 0. The lowest BCUT2D eigenvalue weighted by Gasteiger charge is -2.39. The molecule has 2 aromatic rings. The predicted octanol–water partition coefficient (Wildman–Crippen LogP) is 1.28. The Labute approximate surface area is 104 Å². The summed E-state index contributed by atoms with van der Waals surface area (Å²) in [6.07, 6.45) is 0. The summed E-state index contributed by atoms with van der Waals surface area (Å²) in [4.78, 5) is 13.0. The second-order valence-electron chi connectivity index (χ2n) is 4.64. The fourth-order valence-electron chi connectivity index (χ4n) is 2.25. The van der Waals surface area contributed by atoms with Gasteiger partial charge in [-0.1, -0.05) is 6.07 Å². The van der Waals surface area contributed by atoms with Crippen molar-refractivity contribution in [3.63, 3.8) is 0 Å². The highest BCUT2D eigenvalue weighted by molar-refractivity contribution is 5.80. The fourth-order valence-corrected chi connectivity index (χ4v) is 2.25. The van der Waals surface area contributed by atoms with E-state index in [1.165, 1.54) is 5.56 Å². The zero-order valence-corrected chi connectivity index (χ0v) is 10.00. The molecule has 2 heterocycles. The first-order chi connectivity index (χ1) is 8.63. The van der Waals surface area contributed by atoms with Gasteiger partial charge < -0.3 is 10.0 Å². The predicted molar refractivity (Wildman–Crippen MR) is 66.2 cm³/mol. The number of amides is 1. The Morgan fingerprint density at radius 2 is 2.11 bits per heavy atom. The minimum atomic E-state index is -0.0707. The molecule has 92 valence electrons. The molecule has 0 saturated carbocycles. The van der Waals surface area contributed by atoms with Crippen LogP contribution in [0.5, 0.6) is 5.88 Å². The minimum Gasteiger partial charge on any atom is -0.492 e. The SMILES string of the molecule is CC(=O)N1CC(c2ccc3nnc(O)cc3c2)C1. The Hall–Kier alpha value is -2.17. The molecule has 3 rings (SSSR count). The van der Waals surface area contributed by atoms with Crippen molar-refractivity contribution in [3.05, 3.63) is 29.8 Å². The maximum atomic E-state index is 11.1. The third kappa shape index (κ3) is 1.77. The Morgan fingerprint density at radius 1 is 1.33 bits per heavy atom. The number of aromatic hydroxyl groups is 1. The van der Waals surface area contributed by atoms with Gasteiger partial charge in [0, 0.05) is 37.4 Å². The molecule has 0 radical (unpaired) electrons. The third-order valence-corrected chi connectivity index (χ3v) is 3.39. The second kappa shape index (κ2) is 3.94. The van der Waals surface area contributed by atoms with Crippen molar-refractivity contribution in [1.29, 1.82) is 0 Å². The summed E-state index contributed by atoms with van der Waals surface area (Å²) in [6.45, 7) is 3.13. The van der Waals surface area contributed by atoms with Gasteiger partial charge in [0.2, 0.25) is 11.8 Å². The van der Waals surface area contributed by atoms with Crippen LogP contribution in [0.3, 0.4) is 0 Å². The van der Waals surface area contributed by atoms with Crippen molar-refractivity contribution in [2.75, 3.05) is 13.1 Å². The number of benzene rings is 1. The van der Waals surface area contributed by atoms with Crippen LogP contribution in [-0.2, 0) is 4.79 Å². The number of aromatic nitrogens is 2. The van der Waals surface area contributed by atoms with E-state index in [0.717, 1.165) is 24.0 Å². The van der Waals surface area contributed by atoms with E-state index in [-0.39, 0.29) is 11.8 Å². The molecule has 1 fully saturated rings. The summed E-state index contributed by atoms with van der Waals surface area (Å²) in [5.74, 6) is 0.433. The number of hydrogen-bond donors (Lipinski definition) is 1. The van der Waals surface area contributed by atoms with E-state index in [1.807, 2.05) is 23.1 Å². The third-order valence-electron chi connectivity index (χ3n) is 3.39. The summed E-state index contributed by atoms with van der Waals surface area (Å²) >= 11 is 0. The molecule has 1 saturated heterocycles. The molecule has 0 bridgehead atoms. The van der Waals surface area contributed by atoms with Gasteiger partial charge in [-0.05, 0) is 17.7 Å². The molecule has 0 aliphatic carbocycles. The average molecular weight is 243 g/mol.